The van der Waals surface area contributed by atoms with Crippen LogP contribution in [0.3, 0.4) is 0 Å². The molecule has 7 heteroatoms. The van der Waals surface area contributed by atoms with Crippen molar-refractivity contribution in [2.45, 2.75) is 38.6 Å². The molecule has 144 valence electrons. The van der Waals surface area contributed by atoms with Crippen LogP contribution in [0.15, 0.2) is 58.5 Å². The number of hydrogen-bond acceptors (Lipinski definition) is 4. The predicted octanol–water partition coefficient (Wildman–Crippen LogP) is 2.76. The van der Waals surface area contributed by atoms with Crippen molar-refractivity contribution in [3.05, 3.63) is 65.2 Å². The fourth-order valence-corrected chi connectivity index (χ4v) is 3.76. The van der Waals surface area contributed by atoms with Gasteiger partial charge in [-0.3, -0.25) is 4.79 Å². The maximum atomic E-state index is 12.6. The van der Waals surface area contributed by atoms with E-state index in [-0.39, 0.29) is 10.8 Å². The number of nitrogens with one attached hydrogen (secondary N) is 2. The standard InChI is InChI=1S/C20H25N3O3S/c1-14(2)19(23-27(25,26)18-11-9-15(3)10-12-18)20(24)22-21-13-17-8-6-5-7-16(17)4/h5-14,19,23H,1-4H3,(H,22,24)/b21-13-/t19-/m1/s1. The Labute approximate surface area is 160 Å². The van der Waals surface area contributed by atoms with Crippen LogP contribution in [0.25, 0.3) is 0 Å². The number of amides is 1. The first-order valence-electron chi connectivity index (χ1n) is 8.68. The summed E-state index contributed by atoms with van der Waals surface area (Å²) in [6, 6.07) is 13.1. The van der Waals surface area contributed by atoms with Crippen molar-refractivity contribution in [2.75, 3.05) is 0 Å². The fourth-order valence-electron chi connectivity index (χ4n) is 2.41. The Balaban J connectivity index is 2.11. The minimum absolute atomic E-state index is 0.120. The fraction of sp³-hybridized carbons (Fsp3) is 0.300. The Kier molecular flexibility index (Phi) is 6.87. The van der Waals surface area contributed by atoms with E-state index in [1.54, 1.807) is 32.2 Å². The summed E-state index contributed by atoms with van der Waals surface area (Å²) in [7, 11) is -3.81. The molecular formula is C20H25N3O3S. The van der Waals surface area contributed by atoms with Crippen molar-refractivity contribution in [1.29, 1.82) is 0 Å². The van der Waals surface area contributed by atoms with Gasteiger partial charge in [-0.25, -0.2) is 13.8 Å². The maximum absolute atomic E-state index is 12.6. The molecule has 0 unspecified atom stereocenters. The number of aryl methyl sites for hydroxylation is 2. The maximum Gasteiger partial charge on any atom is 0.258 e. The molecule has 0 heterocycles. The zero-order valence-corrected chi connectivity index (χ0v) is 16.7. The van der Waals surface area contributed by atoms with E-state index in [1.807, 2.05) is 38.1 Å². The predicted molar refractivity (Wildman–Crippen MR) is 107 cm³/mol. The summed E-state index contributed by atoms with van der Waals surface area (Å²) < 4.78 is 27.6. The molecule has 0 aliphatic rings. The quantitative estimate of drug-likeness (QED) is 0.566. The summed E-state index contributed by atoms with van der Waals surface area (Å²) in [5.74, 6) is -0.760. The molecular weight excluding hydrogens is 362 g/mol. The lowest BCUT2D eigenvalue weighted by Crippen LogP contribution is -2.48. The molecule has 0 saturated heterocycles. The third-order valence-electron chi connectivity index (χ3n) is 4.13. The van der Waals surface area contributed by atoms with E-state index in [0.29, 0.717) is 0 Å². The van der Waals surface area contributed by atoms with Gasteiger partial charge in [0.2, 0.25) is 10.0 Å². The number of carbonyl (C=O) groups excluding carboxylic acids is 1. The number of nitrogens with zero attached hydrogens (tertiary/aromatic N) is 1. The van der Waals surface area contributed by atoms with Gasteiger partial charge >= 0.3 is 0 Å². The van der Waals surface area contributed by atoms with Crippen LogP contribution in [0.4, 0.5) is 0 Å². The topological polar surface area (TPSA) is 87.6 Å². The van der Waals surface area contributed by atoms with Gasteiger partial charge in [-0.1, -0.05) is 55.8 Å². The number of rotatable bonds is 7. The molecule has 6 nitrogen and oxygen atoms in total. The molecule has 27 heavy (non-hydrogen) atoms. The first kappa shape index (κ1) is 20.8. The van der Waals surface area contributed by atoms with Crippen molar-refractivity contribution in [3.63, 3.8) is 0 Å². The number of hydrogen-bond donors (Lipinski definition) is 2. The van der Waals surface area contributed by atoms with Crippen LogP contribution in [0, 0.1) is 19.8 Å². The van der Waals surface area contributed by atoms with Crippen LogP contribution < -0.4 is 10.1 Å². The largest absolute Gasteiger partial charge is 0.271 e. The second-order valence-electron chi connectivity index (χ2n) is 6.75. The van der Waals surface area contributed by atoms with Gasteiger partial charge in [-0.15, -0.1) is 0 Å². The molecule has 1 amide bonds. The van der Waals surface area contributed by atoms with E-state index >= 15 is 0 Å². The van der Waals surface area contributed by atoms with Crippen LogP contribution >= 0.6 is 0 Å². The smallest absolute Gasteiger partial charge is 0.258 e. The van der Waals surface area contributed by atoms with Gasteiger partial charge in [0.1, 0.15) is 6.04 Å². The normalized spacial score (nSPS) is 13.1. The van der Waals surface area contributed by atoms with E-state index in [1.165, 1.54) is 12.1 Å². The number of sulfonamides is 1. The molecule has 0 saturated carbocycles. The van der Waals surface area contributed by atoms with Gasteiger partial charge in [0.15, 0.2) is 0 Å². The van der Waals surface area contributed by atoms with Crippen molar-refractivity contribution in [1.82, 2.24) is 10.1 Å². The second kappa shape index (κ2) is 8.92. The lowest BCUT2D eigenvalue weighted by Gasteiger charge is -2.20. The minimum atomic E-state index is -3.81. The average Bonchev–Trinajstić information content (AvgIpc) is 2.61. The third-order valence-corrected chi connectivity index (χ3v) is 5.59. The number of carbonyl (C=O) groups is 1. The molecule has 2 rings (SSSR count). The van der Waals surface area contributed by atoms with Gasteiger partial charge in [0, 0.05) is 0 Å². The lowest BCUT2D eigenvalue weighted by molar-refractivity contribution is -0.123. The minimum Gasteiger partial charge on any atom is -0.271 e. The van der Waals surface area contributed by atoms with Crippen LogP contribution in [0.5, 0.6) is 0 Å². The zero-order chi connectivity index (χ0) is 20.0. The molecule has 0 radical (unpaired) electrons. The summed E-state index contributed by atoms with van der Waals surface area (Å²) in [5.41, 5.74) is 5.28. The molecule has 1 atom stereocenters. The lowest BCUT2D eigenvalue weighted by atomic mass is 10.1. The highest BCUT2D eigenvalue weighted by atomic mass is 32.2. The molecule has 0 aliphatic carbocycles. The molecule has 2 aromatic rings. The summed E-state index contributed by atoms with van der Waals surface area (Å²) >= 11 is 0. The van der Waals surface area contributed by atoms with Gasteiger partial charge in [0.25, 0.3) is 5.91 Å². The first-order chi connectivity index (χ1) is 12.7. The monoisotopic (exact) mass is 387 g/mol. The van der Waals surface area contributed by atoms with Crippen LogP contribution in [0.1, 0.15) is 30.5 Å². The second-order valence-corrected chi connectivity index (χ2v) is 8.46. The summed E-state index contributed by atoms with van der Waals surface area (Å²) in [6.07, 6.45) is 1.54. The highest BCUT2D eigenvalue weighted by Gasteiger charge is 2.28. The molecule has 0 bridgehead atoms. The van der Waals surface area contributed by atoms with E-state index in [9.17, 15) is 13.2 Å². The Hall–Kier alpha value is -2.51. The molecule has 0 aromatic heterocycles. The third kappa shape index (κ3) is 5.74. The van der Waals surface area contributed by atoms with Crippen LogP contribution in [-0.2, 0) is 14.8 Å². The van der Waals surface area contributed by atoms with Gasteiger partial charge in [0.05, 0.1) is 11.1 Å². The Bertz CT molecular complexity index is 920. The van der Waals surface area contributed by atoms with Crippen molar-refractivity contribution in [2.24, 2.45) is 11.0 Å². The first-order valence-corrected chi connectivity index (χ1v) is 10.2. The van der Waals surface area contributed by atoms with Crippen molar-refractivity contribution >= 4 is 22.1 Å². The average molecular weight is 388 g/mol. The van der Waals surface area contributed by atoms with Gasteiger partial charge < -0.3 is 0 Å². The zero-order valence-electron chi connectivity index (χ0n) is 15.9. The summed E-state index contributed by atoms with van der Waals surface area (Å²) in [4.78, 5) is 12.6. The van der Waals surface area contributed by atoms with Crippen molar-refractivity contribution < 1.29 is 13.2 Å². The number of benzene rings is 2. The van der Waals surface area contributed by atoms with Gasteiger partial charge in [-0.05, 0) is 43.0 Å². The highest BCUT2D eigenvalue weighted by Crippen LogP contribution is 2.13. The van der Waals surface area contributed by atoms with E-state index < -0.39 is 22.0 Å². The molecule has 0 fully saturated rings. The summed E-state index contributed by atoms with van der Waals surface area (Å²) in [6.45, 7) is 7.36. The molecule has 2 aromatic carbocycles. The SMILES string of the molecule is Cc1ccc(S(=O)(=O)N[C@@H](C(=O)N/N=C\c2ccccc2C)C(C)C)cc1. The number of hydrazone groups is 1. The Morgan fingerprint density at radius 1 is 1.04 bits per heavy atom. The van der Waals surface area contributed by atoms with Crippen molar-refractivity contribution in [3.8, 4) is 0 Å². The highest BCUT2D eigenvalue weighted by molar-refractivity contribution is 7.89. The molecule has 0 spiro atoms. The van der Waals surface area contributed by atoms with E-state index in [4.69, 9.17) is 0 Å². The van der Waals surface area contributed by atoms with Crippen LogP contribution in [-0.4, -0.2) is 26.6 Å². The Morgan fingerprint density at radius 2 is 1.67 bits per heavy atom. The molecule has 0 aliphatic heterocycles. The van der Waals surface area contributed by atoms with Gasteiger partial charge in [-0.2, -0.15) is 9.82 Å². The van der Waals surface area contributed by atoms with Crippen LogP contribution in [0.2, 0.25) is 0 Å². The molecule has 2 N–H and O–H groups in total. The van der Waals surface area contributed by atoms with E-state index in [2.05, 4.69) is 15.2 Å². The summed E-state index contributed by atoms with van der Waals surface area (Å²) in [5, 5.41) is 3.96. The Morgan fingerprint density at radius 3 is 2.26 bits per heavy atom. The van der Waals surface area contributed by atoms with E-state index in [0.717, 1.165) is 16.7 Å².